The van der Waals surface area contributed by atoms with E-state index in [1.165, 1.54) is 4.70 Å². The topological polar surface area (TPSA) is 114 Å². The largest absolute Gasteiger partial charge is 0.493 e. The van der Waals surface area contributed by atoms with E-state index in [0.717, 1.165) is 38.7 Å². The van der Waals surface area contributed by atoms with Gasteiger partial charge < -0.3 is 14.9 Å². The van der Waals surface area contributed by atoms with Gasteiger partial charge in [0.15, 0.2) is 0 Å². The van der Waals surface area contributed by atoms with Crippen LogP contribution in [0.25, 0.3) is 21.1 Å². The molecule has 2 N–H and O–H groups in total. The predicted octanol–water partition coefficient (Wildman–Crippen LogP) is 4.98. The predicted molar refractivity (Wildman–Crippen MR) is 149 cm³/mol. The number of carbonyl (C=O) groups is 1. The molecule has 0 saturated carbocycles. The molecule has 10 heteroatoms. The summed E-state index contributed by atoms with van der Waals surface area (Å²) in [4.78, 5) is 18.7. The highest BCUT2D eigenvalue weighted by molar-refractivity contribution is 7.17. The third kappa shape index (κ3) is 4.81. The van der Waals surface area contributed by atoms with E-state index in [2.05, 4.69) is 43.8 Å². The second-order valence-electron chi connectivity index (χ2n) is 10.2. The highest BCUT2D eigenvalue weighted by Crippen LogP contribution is 2.38. The molecular formula is C29H29N5O4S. The first-order chi connectivity index (χ1) is 18.8. The maximum absolute atomic E-state index is 12.1. The van der Waals surface area contributed by atoms with Crippen molar-refractivity contribution in [3.8, 4) is 11.6 Å². The first kappa shape index (κ1) is 25.3. The Labute approximate surface area is 229 Å². The second-order valence-corrected chi connectivity index (χ2v) is 11.2. The van der Waals surface area contributed by atoms with Gasteiger partial charge in [-0.2, -0.15) is 0 Å². The number of thiophene rings is 1. The van der Waals surface area contributed by atoms with Crippen LogP contribution >= 0.6 is 11.3 Å². The van der Waals surface area contributed by atoms with Crippen LogP contribution in [0, 0.1) is 6.92 Å². The summed E-state index contributed by atoms with van der Waals surface area (Å²) in [5.41, 5.74) is 6.37. The van der Waals surface area contributed by atoms with E-state index in [4.69, 9.17) is 4.74 Å². The summed E-state index contributed by atoms with van der Waals surface area (Å²) in [5.74, 6) is -0.537. The van der Waals surface area contributed by atoms with E-state index in [9.17, 15) is 15.0 Å². The van der Waals surface area contributed by atoms with Crippen LogP contribution < -0.4 is 4.74 Å². The van der Waals surface area contributed by atoms with Crippen molar-refractivity contribution in [3.05, 3.63) is 75.8 Å². The summed E-state index contributed by atoms with van der Waals surface area (Å²) < 4.78 is 8.98. The summed E-state index contributed by atoms with van der Waals surface area (Å²) in [5, 5.41) is 31.5. The standard InChI is InChI=1S/C29H29N5O4S/c1-16-13-34(15-23-25(38-16)6-7-26(35)30-23)14-20-11-19(10-18-8-9-39-29(18)20)22(12-27(36)37)21-4-5-24-28(17(21)2)31-32-33(24)3/h4-11,16,22H,12-15H2,1-3H3,(H,30,35)(H,36,37)/t16-,22-/m1/s1. The van der Waals surface area contributed by atoms with Crippen LogP contribution in [-0.2, 0) is 24.9 Å². The molecule has 0 saturated heterocycles. The molecule has 1 aliphatic heterocycles. The zero-order chi connectivity index (χ0) is 27.3. The van der Waals surface area contributed by atoms with E-state index in [1.807, 2.05) is 33.0 Å². The van der Waals surface area contributed by atoms with Crippen molar-refractivity contribution < 1.29 is 19.7 Å². The minimum Gasteiger partial charge on any atom is -0.493 e. The van der Waals surface area contributed by atoms with Crippen molar-refractivity contribution in [2.45, 2.75) is 45.4 Å². The molecule has 4 heterocycles. The fourth-order valence-electron chi connectivity index (χ4n) is 5.66. The number of nitrogens with zero attached hydrogens (tertiary/aromatic N) is 5. The average molecular weight is 544 g/mol. The molecule has 5 aromatic rings. The Morgan fingerprint density at radius 2 is 2.08 bits per heavy atom. The van der Waals surface area contributed by atoms with Crippen molar-refractivity contribution in [2.75, 3.05) is 6.54 Å². The van der Waals surface area contributed by atoms with Gasteiger partial charge in [0.1, 0.15) is 23.1 Å². The maximum Gasteiger partial charge on any atom is 0.304 e. The summed E-state index contributed by atoms with van der Waals surface area (Å²) in [6, 6.07) is 13.6. The van der Waals surface area contributed by atoms with Crippen LogP contribution in [0.15, 0.2) is 47.8 Å². The third-order valence-electron chi connectivity index (χ3n) is 7.41. The van der Waals surface area contributed by atoms with E-state index >= 15 is 0 Å². The van der Waals surface area contributed by atoms with Crippen molar-refractivity contribution in [2.24, 2.45) is 7.05 Å². The molecule has 0 unspecified atom stereocenters. The van der Waals surface area contributed by atoms with E-state index in [-0.39, 0.29) is 24.3 Å². The SMILES string of the molecule is Cc1c([C@H](CC(=O)O)c2cc(CN3Cc4nc(O)ccc4O[C@H](C)C3)c3sccc3c2)ccc2c1nnn2C. The Morgan fingerprint density at radius 1 is 1.23 bits per heavy atom. The van der Waals surface area contributed by atoms with Gasteiger partial charge in [-0.05, 0) is 71.1 Å². The molecule has 0 aliphatic carbocycles. The third-order valence-corrected chi connectivity index (χ3v) is 8.42. The number of fused-ring (bicyclic) bond motifs is 3. The first-order valence-electron chi connectivity index (χ1n) is 12.9. The number of rotatable bonds is 6. The Morgan fingerprint density at radius 3 is 2.90 bits per heavy atom. The number of hydrogen-bond donors (Lipinski definition) is 2. The maximum atomic E-state index is 12.1. The number of carboxylic acid groups (broad SMARTS) is 1. The molecule has 0 fully saturated rings. The molecule has 0 radical (unpaired) electrons. The van der Waals surface area contributed by atoms with E-state index < -0.39 is 5.97 Å². The van der Waals surface area contributed by atoms with Crippen LogP contribution in [0.5, 0.6) is 11.6 Å². The monoisotopic (exact) mass is 543 g/mol. The van der Waals surface area contributed by atoms with Crippen molar-refractivity contribution in [1.29, 1.82) is 0 Å². The Bertz CT molecular complexity index is 1710. The molecular weight excluding hydrogens is 514 g/mol. The van der Waals surface area contributed by atoms with Gasteiger partial charge in [-0.3, -0.25) is 9.69 Å². The van der Waals surface area contributed by atoms with Gasteiger partial charge in [-0.15, -0.1) is 16.4 Å². The molecule has 3 aromatic heterocycles. The van der Waals surface area contributed by atoms with Crippen LogP contribution in [0.1, 0.15) is 47.2 Å². The number of aliphatic carboxylic acids is 1. The van der Waals surface area contributed by atoms with Crippen molar-refractivity contribution in [3.63, 3.8) is 0 Å². The molecule has 39 heavy (non-hydrogen) atoms. The lowest BCUT2D eigenvalue weighted by Crippen LogP contribution is -2.30. The molecule has 1 aliphatic rings. The lowest BCUT2D eigenvalue weighted by Gasteiger charge is -2.24. The molecule has 2 atom stereocenters. The van der Waals surface area contributed by atoms with Crippen LogP contribution in [0.3, 0.4) is 0 Å². The summed E-state index contributed by atoms with van der Waals surface area (Å²) in [6.07, 6.45) is -0.0898. The second kappa shape index (κ2) is 9.94. The number of aryl methyl sites for hydroxylation is 2. The van der Waals surface area contributed by atoms with Gasteiger partial charge in [0.25, 0.3) is 0 Å². The molecule has 2 aromatic carbocycles. The Balaban J connectivity index is 1.42. The molecule has 0 spiro atoms. The fraction of sp³-hybridized carbons (Fsp3) is 0.310. The number of aromatic nitrogens is 4. The molecule has 9 nitrogen and oxygen atoms in total. The quantitative estimate of drug-likeness (QED) is 0.308. The number of benzene rings is 2. The smallest absolute Gasteiger partial charge is 0.304 e. The molecule has 200 valence electrons. The van der Waals surface area contributed by atoms with Gasteiger partial charge >= 0.3 is 5.97 Å². The Hall–Kier alpha value is -4.02. The van der Waals surface area contributed by atoms with Gasteiger partial charge in [-0.25, -0.2) is 9.67 Å². The van der Waals surface area contributed by atoms with Crippen LogP contribution in [-0.4, -0.2) is 53.7 Å². The summed E-state index contributed by atoms with van der Waals surface area (Å²) >= 11 is 1.68. The highest BCUT2D eigenvalue weighted by Gasteiger charge is 2.26. The molecule has 0 bridgehead atoms. The van der Waals surface area contributed by atoms with E-state index in [0.29, 0.717) is 31.1 Å². The summed E-state index contributed by atoms with van der Waals surface area (Å²) in [6.45, 7) is 5.88. The zero-order valence-corrected chi connectivity index (χ0v) is 22.8. The van der Waals surface area contributed by atoms with Gasteiger partial charge in [0.05, 0.1) is 11.9 Å². The number of pyridine rings is 1. The fourth-order valence-corrected chi connectivity index (χ4v) is 6.55. The van der Waals surface area contributed by atoms with E-state index in [1.54, 1.807) is 28.2 Å². The first-order valence-corrected chi connectivity index (χ1v) is 13.7. The highest BCUT2D eigenvalue weighted by atomic mass is 32.1. The van der Waals surface area contributed by atoms with Crippen LogP contribution in [0.2, 0.25) is 0 Å². The number of carboxylic acids is 1. The minimum atomic E-state index is -0.855. The minimum absolute atomic E-state index is 0.0264. The van der Waals surface area contributed by atoms with Gasteiger partial charge in [-0.1, -0.05) is 17.3 Å². The average Bonchev–Trinajstić information content (AvgIpc) is 3.48. The number of aromatic hydroxyl groups is 1. The van der Waals surface area contributed by atoms with Crippen molar-refractivity contribution in [1.82, 2.24) is 24.9 Å². The van der Waals surface area contributed by atoms with Gasteiger partial charge in [0, 0.05) is 43.4 Å². The lowest BCUT2D eigenvalue weighted by molar-refractivity contribution is -0.137. The summed E-state index contributed by atoms with van der Waals surface area (Å²) in [7, 11) is 1.85. The number of ether oxygens (including phenoxy) is 1. The molecule has 6 rings (SSSR count). The Kier molecular flexibility index (Phi) is 6.44. The normalized spacial score (nSPS) is 16.6. The van der Waals surface area contributed by atoms with Crippen LogP contribution in [0.4, 0.5) is 0 Å². The van der Waals surface area contributed by atoms with Gasteiger partial charge in [0.2, 0.25) is 5.88 Å². The lowest BCUT2D eigenvalue weighted by atomic mass is 9.84. The van der Waals surface area contributed by atoms with Crippen molar-refractivity contribution >= 4 is 38.4 Å². The number of hydrogen-bond acceptors (Lipinski definition) is 8. The zero-order valence-electron chi connectivity index (χ0n) is 22.0. The molecule has 0 amide bonds.